The highest BCUT2D eigenvalue weighted by Gasteiger charge is 2.17. The number of carbonyl (C=O) groups is 1. The average molecular weight is 310 g/mol. The van der Waals surface area contributed by atoms with E-state index in [2.05, 4.69) is 21.2 Å². The maximum Gasteiger partial charge on any atom is 0.257 e. The number of thioether (sulfide) groups is 1. The average Bonchev–Trinajstić information content (AvgIpc) is 2.16. The summed E-state index contributed by atoms with van der Waals surface area (Å²) in [4.78, 5) is 11.5. The van der Waals surface area contributed by atoms with Crippen LogP contribution in [-0.4, -0.2) is 24.5 Å². The summed E-state index contributed by atoms with van der Waals surface area (Å²) in [6, 6.07) is 2.12. The van der Waals surface area contributed by atoms with Gasteiger partial charge in [0.25, 0.3) is 5.91 Å². The van der Waals surface area contributed by atoms with E-state index in [1.807, 2.05) is 6.26 Å². The van der Waals surface area contributed by atoms with E-state index >= 15 is 0 Å². The molecule has 0 unspecified atom stereocenters. The second kappa shape index (κ2) is 6.20. The minimum absolute atomic E-state index is 0.267. The third-order valence-electron chi connectivity index (χ3n) is 1.83. The summed E-state index contributed by atoms with van der Waals surface area (Å²) in [5, 5.41) is 2.45. The Morgan fingerprint density at radius 3 is 2.50 bits per heavy atom. The van der Waals surface area contributed by atoms with Crippen LogP contribution in [0, 0.1) is 11.6 Å². The molecular weight excluding hydrogens is 300 g/mol. The zero-order valence-corrected chi connectivity index (χ0v) is 10.9. The molecule has 0 saturated carbocycles. The van der Waals surface area contributed by atoms with Crippen LogP contribution >= 0.6 is 27.7 Å². The van der Waals surface area contributed by atoms with E-state index in [0.29, 0.717) is 12.3 Å². The number of amides is 1. The lowest BCUT2D eigenvalue weighted by Gasteiger charge is -2.06. The van der Waals surface area contributed by atoms with Crippen LogP contribution in [0.25, 0.3) is 0 Å². The van der Waals surface area contributed by atoms with Gasteiger partial charge < -0.3 is 5.32 Å². The van der Waals surface area contributed by atoms with Gasteiger partial charge in [0, 0.05) is 16.8 Å². The summed E-state index contributed by atoms with van der Waals surface area (Å²) in [6.07, 6.45) is 1.88. The Hall–Kier alpha value is -0.620. The quantitative estimate of drug-likeness (QED) is 0.867. The predicted octanol–water partition coefficient (Wildman–Crippen LogP) is 2.82. The fraction of sp³-hybridized carbons (Fsp3) is 0.300. The maximum atomic E-state index is 13.3. The number of carbonyl (C=O) groups excluding carboxylic acids is 1. The number of nitrogens with one attached hydrogen (secondary N) is 1. The molecule has 0 saturated heterocycles. The van der Waals surface area contributed by atoms with Crippen molar-refractivity contribution in [2.24, 2.45) is 0 Å². The van der Waals surface area contributed by atoms with Crippen molar-refractivity contribution < 1.29 is 13.6 Å². The molecule has 0 aliphatic heterocycles. The highest BCUT2D eigenvalue weighted by molar-refractivity contribution is 9.10. The Morgan fingerprint density at radius 2 is 2.00 bits per heavy atom. The van der Waals surface area contributed by atoms with E-state index < -0.39 is 23.1 Å². The molecule has 0 spiro atoms. The molecule has 0 radical (unpaired) electrons. The summed E-state index contributed by atoms with van der Waals surface area (Å²) in [6.45, 7) is 0.384. The monoisotopic (exact) mass is 309 g/mol. The Labute approximate surface area is 105 Å². The van der Waals surface area contributed by atoms with Gasteiger partial charge in [0.05, 0.1) is 0 Å². The largest absolute Gasteiger partial charge is 0.351 e. The summed E-state index contributed by atoms with van der Waals surface area (Å²) in [5.74, 6) is -1.76. The molecule has 2 nitrogen and oxygen atoms in total. The first kappa shape index (κ1) is 13.4. The first-order valence-corrected chi connectivity index (χ1v) is 6.66. The summed E-state index contributed by atoms with van der Waals surface area (Å²) in [5.41, 5.74) is -0.538. The highest BCUT2D eigenvalue weighted by Crippen LogP contribution is 2.19. The van der Waals surface area contributed by atoms with Crippen molar-refractivity contribution in [3.63, 3.8) is 0 Å². The second-order valence-electron chi connectivity index (χ2n) is 2.99. The fourth-order valence-electron chi connectivity index (χ4n) is 1.11. The van der Waals surface area contributed by atoms with Crippen LogP contribution in [0.4, 0.5) is 8.78 Å². The minimum atomic E-state index is -0.867. The zero-order valence-electron chi connectivity index (χ0n) is 8.52. The molecule has 1 rings (SSSR count). The van der Waals surface area contributed by atoms with Gasteiger partial charge in [-0.25, -0.2) is 8.78 Å². The molecule has 0 heterocycles. The van der Waals surface area contributed by atoms with Gasteiger partial charge in [-0.3, -0.25) is 4.79 Å². The van der Waals surface area contributed by atoms with Gasteiger partial charge in [-0.1, -0.05) is 15.9 Å². The van der Waals surface area contributed by atoms with Crippen molar-refractivity contribution in [2.45, 2.75) is 0 Å². The molecule has 1 N–H and O–H groups in total. The van der Waals surface area contributed by atoms with Gasteiger partial charge in [0.15, 0.2) is 0 Å². The third-order valence-corrected chi connectivity index (χ3v) is 2.90. The van der Waals surface area contributed by atoms with E-state index in [1.165, 1.54) is 11.8 Å². The van der Waals surface area contributed by atoms with Crippen molar-refractivity contribution in [3.8, 4) is 0 Å². The molecule has 0 aliphatic carbocycles. The lowest BCUT2D eigenvalue weighted by Crippen LogP contribution is -2.27. The number of rotatable bonds is 4. The number of benzene rings is 1. The van der Waals surface area contributed by atoms with Crippen LogP contribution in [0.5, 0.6) is 0 Å². The Morgan fingerprint density at radius 1 is 1.44 bits per heavy atom. The van der Waals surface area contributed by atoms with Gasteiger partial charge >= 0.3 is 0 Å². The molecule has 1 aromatic rings. The topological polar surface area (TPSA) is 29.1 Å². The Bertz CT molecular complexity index is 377. The first-order chi connectivity index (χ1) is 7.56. The molecule has 0 fully saturated rings. The summed E-state index contributed by atoms with van der Waals surface area (Å²) >= 11 is 4.48. The minimum Gasteiger partial charge on any atom is -0.351 e. The summed E-state index contributed by atoms with van der Waals surface area (Å²) < 4.78 is 26.9. The van der Waals surface area contributed by atoms with Crippen molar-refractivity contribution in [2.75, 3.05) is 18.6 Å². The van der Waals surface area contributed by atoms with Crippen LogP contribution in [0.1, 0.15) is 10.4 Å². The molecule has 16 heavy (non-hydrogen) atoms. The molecular formula is C10H10BrF2NOS. The molecule has 88 valence electrons. The first-order valence-electron chi connectivity index (χ1n) is 4.48. The Balaban J connectivity index is 2.83. The standard InChI is InChI=1S/C10H10BrF2NOS/c1-16-3-2-14-10(15)9-7(12)4-6(11)5-8(9)13/h4-5H,2-3H2,1H3,(H,14,15). The van der Waals surface area contributed by atoms with Gasteiger partial charge in [0.2, 0.25) is 0 Å². The molecule has 1 amide bonds. The zero-order chi connectivity index (χ0) is 12.1. The molecule has 1 aromatic carbocycles. The summed E-state index contributed by atoms with van der Waals surface area (Å²) in [7, 11) is 0. The molecule has 6 heteroatoms. The van der Waals surface area contributed by atoms with Crippen molar-refractivity contribution in [3.05, 3.63) is 33.8 Å². The van der Waals surface area contributed by atoms with Crippen LogP contribution in [0.15, 0.2) is 16.6 Å². The van der Waals surface area contributed by atoms with E-state index in [0.717, 1.165) is 12.1 Å². The second-order valence-corrected chi connectivity index (χ2v) is 4.89. The Kier molecular flexibility index (Phi) is 5.21. The van der Waals surface area contributed by atoms with Gasteiger partial charge in [-0.15, -0.1) is 0 Å². The molecule has 0 aliphatic rings. The SMILES string of the molecule is CSCCNC(=O)c1c(F)cc(Br)cc1F. The van der Waals surface area contributed by atoms with Gasteiger partial charge in [0.1, 0.15) is 17.2 Å². The number of halogens is 3. The van der Waals surface area contributed by atoms with Crippen LogP contribution in [0.3, 0.4) is 0 Å². The lowest BCUT2D eigenvalue weighted by atomic mass is 10.2. The van der Waals surface area contributed by atoms with Crippen LogP contribution in [0.2, 0.25) is 0 Å². The lowest BCUT2D eigenvalue weighted by molar-refractivity contribution is 0.0947. The normalized spacial score (nSPS) is 10.2. The molecule has 0 aromatic heterocycles. The van der Waals surface area contributed by atoms with E-state index in [-0.39, 0.29) is 4.47 Å². The third kappa shape index (κ3) is 3.45. The van der Waals surface area contributed by atoms with Crippen LogP contribution < -0.4 is 5.32 Å². The van der Waals surface area contributed by atoms with Gasteiger partial charge in [-0.2, -0.15) is 11.8 Å². The molecule has 0 atom stereocenters. The fourth-order valence-corrected chi connectivity index (χ4v) is 1.82. The predicted molar refractivity (Wildman–Crippen MR) is 64.8 cm³/mol. The van der Waals surface area contributed by atoms with E-state index in [4.69, 9.17) is 0 Å². The van der Waals surface area contributed by atoms with Crippen LogP contribution in [-0.2, 0) is 0 Å². The van der Waals surface area contributed by atoms with Gasteiger partial charge in [-0.05, 0) is 18.4 Å². The van der Waals surface area contributed by atoms with Crippen molar-refractivity contribution in [1.82, 2.24) is 5.32 Å². The highest BCUT2D eigenvalue weighted by atomic mass is 79.9. The smallest absolute Gasteiger partial charge is 0.257 e. The number of hydrogen-bond donors (Lipinski definition) is 1. The van der Waals surface area contributed by atoms with Crippen molar-refractivity contribution in [1.29, 1.82) is 0 Å². The maximum absolute atomic E-state index is 13.3. The van der Waals surface area contributed by atoms with Crippen molar-refractivity contribution >= 4 is 33.6 Å². The van der Waals surface area contributed by atoms with E-state index in [9.17, 15) is 13.6 Å². The van der Waals surface area contributed by atoms with E-state index in [1.54, 1.807) is 0 Å². The number of hydrogen-bond acceptors (Lipinski definition) is 2. The molecule has 0 bridgehead atoms.